The van der Waals surface area contributed by atoms with Crippen molar-refractivity contribution in [2.45, 2.75) is 45.8 Å². The highest BCUT2D eigenvalue weighted by Crippen LogP contribution is 2.27. The Balaban J connectivity index is 1.52. The van der Waals surface area contributed by atoms with Crippen LogP contribution < -0.4 is 10.1 Å². The number of fused-ring (bicyclic) bond motifs is 1. The van der Waals surface area contributed by atoms with Crippen molar-refractivity contribution < 1.29 is 31.5 Å². The Labute approximate surface area is 198 Å². The molecule has 2 heterocycles. The number of hydrogen-bond donors (Lipinski definition) is 1. The Morgan fingerprint density at radius 1 is 1.20 bits per heavy atom. The first kappa shape index (κ1) is 24.9. The van der Waals surface area contributed by atoms with E-state index in [9.17, 15) is 26.7 Å². The molecule has 0 unspecified atom stereocenters. The third kappa shape index (κ3) is 5.55. The molecule has 1 aliphatic rings. The SMILES string of the molecule is Cc1cc(OCc2c(F)ccc(F)c2F)n2nc(C)c(C(=O)NCCN(CC(F)F)C3CC3)c2c1. The van der Waals surface area contributed by atoms with E-state index in [4.69, 9.17) is 4.74 Å². The van der Waals surface area contributed by atoms with Crippen LogP contribution in [0.4, 0.5) is 22.0 Å². The molecule has 1 N–H and O–H groups in total. The number of rotatable bonds is 10. The van der Waals surface area contributed by atoms with E-state index in [-0.39, 0.29) is 30.6 Å². The number of hydrogen-bond acceptors (Lipinski definition) is 4. The van der Waals surface area contributed by atoms with Crippen LogP contribution in [0.3, 0.4) is 0 Å². The first-order chi connectivity index (χ1) is 16.7. The predicted octanol–water partition coefficient (Wildman–Crippen LogP) is 4.41. The Bertz CT molecular complexity index is 1240. The molecule has 1 amide bonds. The van der Waals surface area contributed by atoms with Gasteiger partial charge in [-0.1, -0.05) is 0 Å². The van der Waals surface area contributed by atoms with Gasteiger partial charge < -0.3 is 10.1 Å². The molecular weight excluding hydrogens is 471 g/mol. The first-order valence-electron chi connectivity index (χ1n) is 11.2. The minimum absolute atomic E-state index is 0.113. The third-order valence-electron chi connectivity index (χ3n) is 5.87. The number of aromatic nitrogens is 2. The van der Waals surface area contributed by atoms with E-state index in [1.165, 1.54) is 4.52 Å². The molecule has 2 aromatic heterocycles. The lowest BCUT2D eigenvalue weighted by atomic mass is 10.1. The Morgan fingerprint density at radius 3 is 2.60 bits per heavy atom. The standard InChI is InChI=1S/C24H25F5N4O2/c1-13-9-19-22(24(34)30-7-8-32(11-20(27)28)15-3-4-15)14(2)31-33(19)21(10-13)35-12-16-17(25)5-6-18(26)23(16)29/h5-6,9-10,15,20H,3-4,7-8,11-12H2,1-2H3,(H,30,34). The molecule has 35 heavy (non-hydrogen) atoms. The maximum absolute atomic E-state index is 14.0. The highest BCUT2D eigenvalue weighted by Gasteiger charge is 2.30. The summed E-state index contributed by atoms with van der Waals surface area (Å²) in [5.41, 5.74) is 1.19. The van der Waals surface area contributed by atoms with Gasteiger partial charge in [0.1, 0.15) is 12.4 Å². The number of benzene rings is 1. The van der Waals surface area contributed by atoms with Gasteiger partial charge in [0.15, 0.2) is 11.6 Å². The van der Waals surface area contributed by atoms with Crippen LogP contribution in [0.5, 0.6) is 5.88 Å². The fraction of sp³-hybridized carbons (Fsp3) is 0.417. The van der Waals surface area contributed by atoms with Crippen molar-refractivity contribution in [2.75, 3.05) is 19.6 Å². The summed E-state index contributed by atoms with van der Waals surface area (Å²) in [6.45, 7) is 2.94. The zero-order chi connectivity index (χ0) is 25.3. The summed E-state index contributed by atoms with van der Waals surface area (Å²) < 4.78 is 74.0. The highest BCUT2D eigenvalue weighted by atomic mass is 19.3. The monoisotopic (exact) mass is 496 g/mol. The zero-order valence-electron chi connectivity index (χ0n) is 19.3. The summed E-state index contributed by atoms with van der Waals surface area (Å²) in [6.07, 6.45) is -0.692. The zero-order valence-corrected chi connectivity index (χ0v) is 19.3. The Morgan fingerprint density at radius 2 is 1.91 bits per heavy atom. The number of pyridine rings is 1. The molecule has 4 rings (SSSR count). The summed E-state index contributed by atoms with van der Waals surface area (Å²) in [7, 11) is 0. The maximum Gasteiger partial charge on any atom is 0.255 e. The topological polar surface area (TPSA) is 58.9 Å². The van der Waals surface area contributed by atoms with Gasteiger partial charge >= 0.3 is 0 Å². The van der Waals surface area contributed by atoms with Crippen LogP contribution in [0, 0.1) is 31.3 Å². The van der Waals surface area contributed by atoms with Crippen LogP contribution in [0.25, 0.3) is 5.52 Å². The van der Waals surface area contributed by atoms with Crippen LogP contribution >= 0.6 is 0 Å². The Hall–Kier alpha value is -3.21. The van der Waals surface area contributed by atoms with E-state index in [0.717, 1.165) is 18.9 Å². The van der Waals surface area contributed by atoms with E-state index < -0.39 is 42.0 Å². The van der Waals surface area contributed by atoms with Gasteiger partial charge in [-0.15, -0.1) is 0 Å². The van der Waals surface area contributed by atoms with Gasteiger partial charge in [0.2, 0.25) is 5.88 Å². The fourth-order valence-corrected chi connectivity index (χ4v) is 4.03. The molecule has 188 valence electrons. The number of nitrogens with one attached hydrogen (secondary N) is 1. The van der Waals surface area contributed by atoms with Crippen LogP contribution in [0.2, 0.25) is 0 Å². The fourth-order valence-electron chi connectivity index (χ4n) is 4.03. The number of carbonyl (C=O) groups is 1. The minimum atomic E-state index is -2.44. The number of nitrogens with zero attached hydrogens (tertiary/aromatic N) is 3. The lowest BCUT2D eigenvalue weighted by molar-refractivity contribution is 0.0823. The van der Waals surface area contributed by atoms with Crippen LogP contribution in [0.15, 0.2) is 24.3 Å². The molecule has 0 aliphatic heterocycles. The van der Waals surface area contributed by atoms with E-state index >= 15 is 0 Å². The molecule has 0 bridgehead atoms. The molecule has 3 aromatic rings. The average molecular weight is 496 g/mol. The highest BCUT2D eigenvalue weighted by molar-refractivity contribution is 6.02. The molecule has 1 saturated carbocycles. The van der Waals surface area contributed by atoms with Crippen LogP contribution in [0.1, 0.15) is 40.0 Å². The third-order valence-corrected chi connectivity index (χ3v) is 5.87. The summed E-state index contributed by atoms with van der Waals surface area (Å²) in [5, 5.41) is 7.09. The molecule has 0 spiro atoms. The van der Waals surface area contributed by atoms with E-state index in [1.54, 1.807) is 30.9 Å². The lowest BCUT2D eigenvalue weighted by Gasteiger charge is -2.21. The van der Waals surface area contributed by atoms with Gasteiger partial charge in [-0.05, 0) is 50.5 Å². The van der Waals surface area contributed by atoms with Crippen molar-refractivity contribution in [2.24, 2.45) is 0 Å². The molecule has 1 fully saturated rings. The smallest absolute Gasteiger partial charge is 0.255 e. The molecular formula is C24H25F5N4O2. The van der Waals surface area contributed by atoms with Gasteiger partial charge in [-0.3, -0.25) is 9.69 Å². The second-order valence-corrected chi connectivity index (χ2v) is 8.61. The van der Waals surface area contributed by atoms with E-state index in [1.807, 2.05) is 0 Å². The summed E-state index contributed by atoms with van der Waals surface area (Å²) in [5.74, 6) is -3.79. The van der Waals surface area contributed by atoms with Crippen molar-refractivity contribution in [1.29, 1.82) is 0 Å². The Kier molecular flexibility index (Phi) is 7.25. The van der Waals surface area contributed by atoms with Gasteiger partial charge in [0.05, 0.1) is 28.9 Å². The number of amides is 1. The van der Waals surface area contributed by atoms with Gasteiger partial charge in [0, 0.05) is 25.2 Å². The molecule has 1 aromatic carbocycles. The molecule has 0 atom stereocenters. The van der Waals surface area contributed by atoms with E-state index in [2.05, 4.69) is 10.4 Å². The number of ether oxygens (including phenoxy) is 1. The normalized spacial score (nSPS) is 13.7. The lowest BCUT2D eigenvalue weighted by Crippen LogP contribution is -2.38. The largest absolute Gasteiger partial charge is 0.473 e. The minimum Gasteiger partial charge on any atom is -0.473 e. The number of alkyl halides is 2. The van der Waals surface area contributed by atoms with Gasteiger partial charge in [-0.25, -0.2) is 22.0 Å². The second-order valence-electron chi connectivity index (χ2n) is 8.61. The average Bonchev–Trinajstić information content (AvgIpc) is 3.58. The van der Waals surface area contributed by atoms with Gasteiger partial charge in [0.25, 0.3) is 12.3 Å². The first-order valence-corrected chi connectivity index (χ1v) is 11.2. The van der Waals surface area contributed by atoms with Crippen molar-refractivity contribution in [3.05, 3.63) is 64.1 Å². The van der Waals surface area contributed by atoms with Crippen molar-refractivity contribution in [3.8, 4) is 5.88 Å². The molecule has 11 heteroatoms. The van der Waals surface area contributed by atoms with Crippen molar-refractivity contribution in [1.82, 2.24) is 19.8 Å². The molecule has 0 radical (unpaired) electrons. The van der Waals surface area contributed by atoms with Gasteiger partial charge in [-0.2, -0.15) is 9.61 Å². The van der Waals surface area contributed by atoms with Crippen molar-refractivity contribution >= 4 is 11.4 Å². The molecule has 6 nitrogen and oxygen atoms in total. The predicted molar refractivity (Wildman–Crippen MR) is 118 cm³/mol. The molecule has 1 aliphatic carbocycles. The van der Waals surface area contributed by atoms with Crippen LogP contribution in [-0.2, 0) is 6.61 Å². The number of halogens is 5. The van der Waals surface area contributed by atoms with E-state index in [0.29, 0.717) is 29.4 Å². The second kappa shape index (κ2) is 10.2. The summed E-state index contributed by atoms with van der Waals surface area (Å²) >= 11 is 0. The van der Waals surface area contributed by atoms with Crippen molar-refractivity contribution in [3.63, 3.8) is 0 Å². The number of carbonyl (C=O) groups excluding carboxylic acids is 1. The summed E-state index contributed by atoms with van der Waals surface area (Å²) in [6, 6.07) is 4.93. The summed E-state index contributed by atoms with van der Waals surface area (Å²) in [4.78, 5) is 14.6. The molecule has 0 saturated heterocycles. The number of aryl methyl sites for hydroxylation is 2. The maximum atomic E-state index is 14.0. The van der Waals surface area contributed by atoms with Crippen LogP contribution in [-0.4, -0.2) is 52.5 Å². The quantitative estimate of drug-likeness (QED) is 0.334.